The molecule has 17 heavy (non-hydrogen) atoms. The summed E-state index contributed by atoms with van der Waals surface area (Å²) in [6, 6.07) is 4.11. The van der Waals surface area contributed by atoms with E-state index in [0.717, 1.165) is 36.7 Å². The van der Waals surface area contributed by atoms with Crippen LogP contribution in [0.25, 0.3) is 11.3 Å². The number of anilines is 1. The summed E-state index contributed by atoms with van der Waals surface area (Å²) >= 11 is 1.69. The largest absolute Gasteiger partial charge is 0.370 e. The molecule has 2 aromatic heterocycles. The van der Waals surface area contributed by atoms with E-state index in [2.05, 4.69) is 46.0 Å². The first-order chi connectivity index (χ1) is 8.33. The summed E-state index contributed by atoms with van der Waals surface area (Å²) in [5.41, 5.74) is 2.19. The number of hydrogen-bond donors (Lipinski definition) is 1. The van der Waals surface area contributed by atoms with Crippen molar-refractivity contribution in [3.8, 4) is 11.3 Å². The van der Waals surface area contributed by atoms with E-state index in [1.54, 1.807) is 11.3 Å². The first-order valence-corrected chi connectivity index (χ1v) is 6.92. The summed E-state index contributed by atoms with van der Waals surface area (Å²) in [6.45, 7) is 5.10. The Balaban J connectivity index is 2.37. The van der Waals surface area contributed by atoms with Crippen LogP contribution in [-0.2, 0) is 6.42 Å². The van der Waals surface area contributed by atoms with Gasteiger partial charge in [-0.15, -0.1) is 0 Å². The molecule has 0 bridgehead atoms. The summed E-state index contributed by atoms with van der Waals surface area (Å²) in [5.74, 6) is 1.85. The molecule has 0 saturated carbocycles. The highest BCUT2D eigenvalue weighted by molar-refractivity contribution is 7.08. The Morgan fingerprint density at radius 1 is 1.29 bits per heavy atom. The molecule has 0 radical (unpaired) electrons. The minimum Gasteiger partial charge on any atom is -0.370 e. The Morgan fingerprint density at radius 2 is 2.18 bits per heavy atom. The third-order valence-corrected chi connectivity index (χ3v) is 3.10. The summed E-state index contributed by atoms with van der Waals surface area (Å²) in [4.78, 5) is 9.11. The third kappa shape index (κ3) is 3.03. The number of nitrogens with one attached hydrogen (secondary N) is 1. The zero-order valence-electron chi connectivity index (χ0n) is 10.2. The van der Waals surface area contributed by atoms with Crippen LogP contribution < -0.4 is 5.32 Å². The van der Waals surface area contributed by atoms with E-state index in [-0.39, 0.29) is 0 Å². The molecule has 0 atom stereocenters. The molecule has 3 nitrogen and oxygen atoms in total. The van der Waals surface area contributed by atoms with Crippen LogP contribution in [0, 0.1) is 0 Å². The van der Waals surface area contributed by atoms with Gasteiger partial charge in [-0.25, -0.2) is 9.97 Å². The monoisotopic (exact) mass is 247 g/mol. The Kier molecular flexibility index (Phi) is 4.09. The maximum Gasteiger partial charge on any atom is 0.131 e. The average molecular weight is 247 g/mol. The van der Waals surface area contributed by atoms with Gasteiger partial charge in [-0.2, -0.15) is 11.3 Å². The summed E-state index contributed by atoms with van der Waals surface area (Å²) in [6.07, 6.45) is 2.00. The number of nitrogens with zero attached hydrogens (tertiary/aromatic N) is 2. The lowest BCUT2D eigenvalue weighted by Gasteiger charge is -2.07. The van der Waals surface area contributed by atoms with Crippen molar-refractivity contribution >= 4 is 17.2 Å². The average Bonchev–Trinajstić information content (AvgIpc) is 2.83. The van der Waals surface area contributed by atoms with Crippen LogP contribution in [0.5, 0.6) is 0 Å². The molecule has 2 aromatic rings. The van der Waals surface area contributed by atoms with Gasteiger partial charge in [0.15, 0.2) is 0 Å². The van der Waals surface area contributed by atoms with Crippen LogP contribution in [0.15, 0.2) is 22.9 Å². The van der Waals surface area contributed by atoms with Crippen LogP contribution >= 0.6 is 11.3 Å². The van der Waals surface area contributed by atoms with Gasteiger partial charge in [-0.05, 0) is 24.8 Å². The fourth-order valence-electron chi connectivity index (χ4n) is 1.66. The summed E-state index contributed by atoms with van der Waals surface area (Å²) in [7, 11) is 0. The predicted molar refractivity (Wildman–Crippen MR) is 73.5 cm³/mol. The van der Waals surface area contributed by atoms with E-state index >= 15 is 0 Å². The molecule has 0 unspecified atom stereocenters. The van der Waals surface area contributed by atoms with Crippen molar-refractivity contribution in [2.75, 3.05) is 11.9 Å². The van der Waals surface area contributed by atoms with E-state index in [1.807, 2.05) is 6.07 Å². The molecule has 0 saturated heterocycles. The van der Waals surface area contributed by atoms with Gasteiger partial charge in [0.2, 0.25) is 0 Å². The quantitative estimate of drug-likeness (QED) is 0.877. The number of rotatable bonds is 5. The Hall–Kier alpha value is -1.42. The van der Waals surface area contributed by atoms with Gasteiger partial charge in [-0.3, -0.25) is 0 Å². The number of aryl methyl sites for hydroxylation is 1. The number of hydrogen-bond acceptors (Lipinski definition) is 4. The Labute approximate surface area is 106 Å². The molecule has 90 valence electrons. The van der Waals surface area contributed by atoms with Gasteiger partial charge in [-0.1, -0.05) is 6.92 Å². The molecule has 2 rings (SSSR count). The van der Waals surface area contributed by atoms with Crippen LogP contribution in [0.4, 0.5) is 5.82 Å². The second-order valence-corrected chi connectivity index (χ2v) is 4.63. The van der Waals surface area contributed by atoms with Crippen molar-refractivity contribution in [3.63, 3.8) is 0 Å². The molecule has 0 fully saturated rings. The molecular formula is C13H17N3S. The Morgan fingerprint density at radius 3 is 2.82 bits per heavy atom. The summed E-state index contributed by atoms with van der Waals surface area (Å²) < 4.78 is 0. The zero-order valence-corrected chi connectivity index (χ0v) is 11.0. The maximum absolute atomic E-state index is 4.60. The van der Waals surface area contributed by atoms with Gasteiger partial charge in [0.25, 0.3) is 0 Å². The first-order valence-electron chi connectivity index (χ1n) is 5.98. The lowest BCUT2D eigenvalue weighted by atomic mass is 10.2. The van der Waals surface area contributed by atoms with E-state index in [1.165, 1.54) is 5.56 Å². The van der Waals surface area contributed by atoms with Crippen LogP contribution in [0.1, 0.15) is 26.1 Å². The predicted octanol–water partition coefficient (Wildman–Crippen LogP) is 3.59. The summed E-state index contributed by atoms with van der Waals surface area (Å²) in [5, 5.41) is 7.45. The second-order valence-electron chi connectivity index (χ2n) is 3.85. The van der Waals surface area contributed by atoms with E-state index in [9.17, 15) is 0 Å². The van der Waals surface area contributed by atoms with E-state index < -0.39 is 0 Å². The van der Waals surface area contributed by atoms with Gasteiger partial charge < -0.3 is 5.32 Å². The topological polar surface area (TPSA) is 37.8 Å². The molecule has 0 aromatic carbocycles. The number of aromatic nitrogens is 2. The highest BCUT2D eigenvalue weighted by Crippen LogP contribution is 2.22. The van der Waals surface area contributed by atoms with Crippen molar-refractivity contribution in [3.05, 3.63) is 28.7 Å². The van der Waals surface area contributed by atoms with Crippen molar-refractivity contribution in [2.24, 2.45) is 0 Å². The third-order valence-electron chi connectivity index (χ3n) is 2.42. The minimum atomic E-state index is 0.881. The van der Waals surface area contributed by atoms with E-state index in [4.69, 9.17) is 0 Å². The fourth-order valence-corrected chi connectivity index (χ4v) is 2.31. The van der Waals surface area contributed by atoms with E-state index in [0.29, 0.717) is 0 Å². The Bertz CT molecular complexity index is 441. The van der Waals surface area contributed by atoms with Crippen LogP contribution in [0.3, 0.4) is 0 Å². The lowest BCUT2D eigenvalue weighted by molar-refractivity contribution is 0.836. The SMILES string of the molecule is CCCc1nc(NCC)cc(-c2ccsc2)n1. The molecular weight excluding hydrogens is 230 g/mol. The number of thiophene rings is 1. The smallest absolute Gasteiger partial charge is 0.131 e. The molecule has 0 aliphatic carbocycles. The van der Waals surface area contributed by atoms with Crippen molar-refractivity contribution in [2.45, 2.75) is 26.7 Å². The standard InChI is InChI=1S/C13H17N3S/c1-3-5-12-15-11(10-6-7-17-9-10)8-13(16-12)14-4-2/h6-9H,3-5H2,1-2H3,(H,14,15,16). The molecule has 0 spiro atoms. The van der Waals surface area contributed by atoms with Crippen molar-refractivity contribution < 1.29 is 0 Å². The van der Waals surface area contributed by atoms with Gasteiger partial charge in [0, 0.05) is 30.0 Å². The van der Waals surface area contributed by atoms with Gasteiger partial charge in [0.05, 0.1) is 5.69 Å². The van der Waals surface area contributed by atoms with Crippen LogP contribution in [-0.4, -0.2) is 16.5 Å². The van der Waals surface area contributed by atoms with Gasteiger partial charge >= 0.3 is 0 Å². The highest BCUT2D eigenvalue weighted by atomic mass is 32.1. The highest BCUT2D eigenvalue weighted by Gasteiger charge is 2.06. The maximum atomic E-state index is 4.60. The molecule has 1 N–H and O–H groups in total. The van der Waals surface area contributed by atoms with Gasteiger partial charge in [0.1, 0.15) is 11.6 Å². The van der Waals surface area contributed by atoms with Crippen molar-refractivity contribution in [1.82, 2.24) is 9.97 Å². The minimum absolute atomic E-state index is 0.881. The molecule has 0 aliphatic rings. The lowest BCUT2D eigenvalue weighted by Crippen LogP contribution is -2.04. The normalized spacial score (nSPS) is 10.5. The molecule has 0 amide bonds. The fraction of sp³-hybridized carbons (Fsp3) is 0.385. The molecule has 2 heterocycles. The van der Waals surface area contributed by atoms with Crippen molar-refractivity contribution in [1.29, 1.82) is 0 Å². The molecule has 0 aliphatic heterocycles. The first kappa shape index (κ1) is 12.0. The van der Waals surface area contributed by atoms with Crippen LogP contribution in [0.2, 0.25) is 0 Å². The second kappa shape index (κ2) is 5.77. The molecule has 4 heteroatoms. The zero-order chi connectivity index (χ0) is 12.1.